The summed E-state index contributed by atoms with van der Waals surface area (Å²) in [6, 6.07) is 15.5. The van der Waals surface area contributed by atoms with Gasteiger partial charge in [-0.25, -0.2) is 30.0 Å². The molecule has 29 heteroatoms. The van der Waals surface area contributed by atoms with Gasteiger partial charge in [-0.2, -0.15) is 0 Å². The monoisotopic (exact) mass is 1010 g/mol. The van der Waals surface area contributed by atoms with Gasteiger partial charge in [-0.05, 0) is 97.4 Å². The van der Waals surface area contributed by atoms with Gasteiger partial charge in [-0.15, -0.1) is 16.8 Å². The van der Waals surface area contributed by atoms with Crippen LogP contribution in [-0.2, 0) is 50.6 Å². The Morgan fingerprint density at radius 1 is 0.477 bits per heavy atom. The van der Waals surface area contributed by atoms with Gasteiger partial charge in [0, 0.05) is 49.7 Å². The average molecular weight is 1010 g/mol. The first kappa shape index (κ1) is 53.2. The number of anilines is 4. The number of benzene rings is 6. The van der Waals surface area contributed by atoms with Crippen LogP contribution >= 0.6 is 0 Å². The van der Waals surface area contributed by atoms with Crippen molar-refractivity contribution in [2.24, 2.45) is 0 Å². The van der Waals surface area contributed by atoms with Crippen LogP contribution in [0.2, 0.25) is 0 Å². The minimum absolute atomic E-state index is 0. The first-order valence-corrected chi connectivity index (χ1v) is 24.2. The molecule has 6 aromatic carbocycles. The third kappa shape index (κ3) is 12.1. The smallest absolute Gasteiger partial charge is 0.744 e. The van der Waals surface area contributed by atoms with E-state index in [1.807, 2.05) is 0 Å². The molecule has 0 aliphatic rings. The molecule has 0 unspecified atom stereocenters. The van der Waals surface area contributed by atoms with Crippen LogP contribution in [0.25, 0.3) is 21.5 Å². The van der Waals surface area contributed by atoms with E-state index in [1.165, 1.54) is 55.5 Å². The molecule has 6 aromatic rings. The molecule has 0 aliphatic heterocycles. The number of urea groups is 1. The molecule has 0 fully saturated rings. The second-order valence-corrected chi connectivity index (χ2v) is 20.2. The molecule has 0 radical (unpaired) electrons. The van der Waals surface area contributed by atoms with Crippen LogP contribution in [0.5, 0.6) is 0 Å². The van der Waals surface area contributed by atoms with Gasteiger partial charge in [0.15, 0.2) is 4.90 Å². The van der Waals surface area contributed by atoms with Crippen LogP contribution in [-0.4, -0.2) is 82.7 Å². The van der Waals surface area contributed by atoms with Gasteiger partial charge < -0.3 is 44.0 Å². The fourth-order valence-corrected chi connectivity index (χ4v) is 9.66. The van der Waals surface area contributed by atoms with E-state index in [0.29, 0.717) is 12.1 Å². The van der Waals surface area contributed by atoms with Gasteiger partial charge in [0.1, 0.15) is 35.2 Å². The quantitative estimate of drug-likeness (QED) is 0.0546. The molecular formula is C36H27N4Na2O18S5+. The van der Waals surface area contributed by atoms with Crippen LogP contribution < -0.4 is 80.4 Å². The maximum absolute atomic E-state index is 13.4. The molecule has 65 heavy (non-hydrogen) atoms. The van der Waals surface area contributed by atoms with Crippen LogP contribution in [0.15, 0.2) is 122 Å². The Morgan fingerprint density at radius 3 is 1.37 bits per heavy atom. The Labute approximate surface area is 413 Å². The predicted molar refractivity (Wildman–Crippen MR) is 220 cm³/mol. The normalized spacial score (nSPS) is 12.1. The van der Waals surface area contributed by atoms with Gasteiger partial charge in [-0.3, -0.25) is 9.59 Å². The zero-order valence-electron chi connectivity index (χ0n) is 33.3. The molecule has 0 bridgehead atoms. The molecule has 0 saturated carbocycles. The zero-order valence-corrected chi connectivity index (χ0v) is 41.4. The standard InChI is InChI=1S/C36H28N4O18S5.2Na/c1-18-12-23(59(44,45)46)15-25-29(61(50,51)52)10-8-27(32(18)25)39-34(41)19-4-2-6-21(13-19)37-36(43)38-22-7-3-5-20(14-22)35(42)40-28-9-11-30(62(53,54)55)26-16-24(60(47,48)49)17-31(33(26)28)63(56,57)58;;/h2-17H,1H3,(H,39,41)(H,40,42)(H2,37,38,43)(H,44,45,46)(H,47,48,49)(H,50,51,52)(H,53,54,55)(H,56,57,58);;/q;2*+1/p-1. The van der Waals surface area contributed by atoms with Crippen molar-refractivity contribution in [3.63, 3.8) is 0 Å². The van der Waals surface area contributed by atoms with E-state index in [4.69, 9.17) is 9.11 Å². The van der Waals surface area contributed by atoms with Crippen LogP contribution in [0.3, 0.4) is 0 Å². The number of carbonyl (C=O) groups excluding carboxylic acids is 3. The SMILES string of the molecule is Cc1cc(S(=O)(=O)[OH2+])cc2c(S(=O)(=O)[OH2+])ccc(NC(=O)c3cccc(NC(=O)Nc4cccc(C(=O)Nc5ccc(S(=O)(=O)[O-])c6cc(S(=O)(=O)[O-])cc(S(=O)(=O)[O-])c56)c4)c3)c12.[Na+].[Na+]. The second-order valence-electron chi connectivity index (χ2n) is 13.2. The minimum Gasteiger partial charge on any atom is -0.744 e. The summed E-state index contributed by atoms with van der Waals surface area (Å²) in [5, 5.41) is 7.71. The topological polar surface area (TPSA) is 385 Å². The number of aryl methyl sites for hydroxylation is 1. The molecule has 0 spiro atoms. The minimum atomic E-state index is -5.71. The number of fused-ring (bicyclic) bond motifs is 2. The maximum Gasteiger partial charge on any atom is 1.00 e. The number of amides is 4. The van der Waals surface area contributed by atoms with E-state index in [1.54, 1.807) is 0 Å². The Morgan fingerprint density at radius 2 is 0.923 bits per heavy atom. The summed E-state index contributed by atoms with van der Waals surface area (Å²) in [6.45, 7) is 1.41. The van der Waals surface area contributed by atoms with E-state index in [2.05, 4.69) is 21.3 Å². The summed E-state index contributed by atoms with van der Waals surface area (Å²) in [6.07, 6.45) is 0. The molecule has 0 heterocycles. The number of hydrogen-bond acceptors (Lipinski definition) is 16. The van der Waals surface area contributed by atoms with Gasteiger partial charge in [0.2, 0.25) is 0 Å². The average Bonchev–Trinajstić information content (AvgIpc) is 3.15. The molecule has 4 amide bonds. The van der Waals surface area contributed by atoms with Crippen LogP contribution in [0.1, 0.15) is 26.3 Å². The van der Waals surface area contributed by atoms with Crippen LogP contribution in [0.4, 0.5) is 27.5 Å². The van der Waals surface area contributed by atoms with E-state index in [-0.39, 0.29) is 110 Å². The van der Waals surface area contributed by atoms with E-state index >= 15 is 0 Å². The predicted octanol–water partition coefficient (Wildman–Crippen LogP) is -4.00. The van der Waals surface area contributed by atoms with E-state index < -0.39 is 109 Å². The molecule has 22 nitrogen and oxygen atoms in total. The third-order valence-corrected chi connectivity index (χ3v) is 13.3. The van der Waals surface area contributed by atoms with Crippen molar-refractivity contribution < 1.29 is 138 Å². The third-order valence-electron chi connectivity index (χ3n) is 8.95. The summed E-state index contributed by atoms with van der Waals surface area (Å²) in [7, 11) is -25.9. The summed E-state index contributed by atoms with van der Waals surface area (Å²) >= 11 is 0. The van der Waals surface area contributed by atoms with Crippen molar-refractivity contribution >= 4 is 113 Å². The first-order valence-electron chi connectivity index (χ1n) is 17.0. The van der Waals surface area contributed by atoms with Gasteiger partial charge >= 0.3 is 85.4 Å². The van der Waals surface area contributed by atoms with E-state index in [9.17, 15) is 70.1 Å². The number of hydrogen-bond donors (Lipinski definition) is 4. The van der Waals surface area contributed by atoms with Gasteiger partial charge in [0.25, 0.3) is 11.8 Å². The summed E-state index contributed by atoms with van der Waals surface area (Å²) in [4.78, 5) is 34.7. The van der Waals surface area contributed by atoms with Gasteiger partial charge in [0.05, 0.1) is 20.4 Å². The number of carbonyl (C=O) groups is 3. The second kappa shape index (κ2) is 19.4. The first-order chi connectivity index (χ1) is 29.0. The maximum atomic E-state index is 13.4. The van der Waals surface area contributed by atoms with E-state index in [0.717, 1.165) is 30.3 Å². The Hall–Kier alpha value is -4.40. The molecule has 6 rings (SSSR count). The molecule has 8 N–H and O–H groups in total. The number of rotatable bonds is 11. The van der Waals surface area contributed by atoms with Crippen molar-refractivity contribution in [3.05, 3.63) is 114 Å². The molecule has 0 aromatic heterocycles. The van der Waals surface area contributed by atoms with Gasteiger partial charge in [-0.1, -0.05) is 12.1 Å². The fraction of sp³-hybridized carbons (Fsp3) is 0.0278. The molecule has 330 valence electrons. The molecule has 0 saturated heterocycles. The largest absolute Gasteiger partial charge is 1.00 e. The van der Waals surface area contributed by atoms with Crippen molar-refractivity contribution in [2.75, 3.05) is 21.3 Å². The Bertz CT molecular complexity index is 3570. The van der Waals surface area contributed by atoms with Crippen molar-refractivity contribution in [3.8, 4) is 0 Å². The van der Waals surface area contributed by atoms with Crippen molar-refractivity contribution in [1.29, 1.82) is 0 Å². The Balaban J connectivity index is 0.00000462. The number of nitrogens with one attached hydrogen (secondary N) is 4. The van der Waals surface area contributed by atoms with Crippen LogP contribution in [0, 0.1) is 6.92 Å². The molecule has 0 aliphatic carbocycles. The molecular weight excluding hydrogens is 983 g/mol. The summed E-state index contributed by atoms with van der Waals surface area (Å²) < 4.78 is 171. The molecule has 0 atom stereocenters. The Kier molecular flexibility index (Phi) is 15.9. The van der Waals surface area contributed by atoms with Crippen molar-refractivity contribution in [1.82, 2.24) is 0 Å². The fourth-order valence-electron chi connectivity index (χ4n) is 6.35. The van der Waals surface area contributed by atoms with Crippen molar-refractivity contribution in [2.45, 2.75) is 31.4 Å². The zero-order chi connectivity index (χ0) is 46.6. The summed E-state index contributed by atoms with van der Waals surface area (Å²) in [5.41, 5.74) is -0.654. The summed E-state index contributed by atoms with van der Waals surface area (Å²) in [5.74, 6) is -1.84.